The van der Waals surface area contributed by atoms with Crippen LogP contribution in [0.4, 0.5) is 0 Å². The molecule has 0 amide bonds. The third-order valence-corrected chi connectivity index (χ3v) is 5.21. The molecular weight excluding hydrogens is 442 g/mol. The van der Waals surface area contributed by atoms with Crippen LogP contribution < -0.4 is 10.3 Å². The highest BCUT2D eigenvalue weighted by molar-refractivity contribution is 9.10. The second-order valence-corrected chi connectivity index (χ2v) is 7.91. The SMILES string of the molecule is Cc1ccc(COc2ccccc2C=Nn2c(C)nc3ccc(Br)cc3c2=O)cc1. The van der Waals surface area contributed by atoms with E-state index in [1.165, 1.54) is 10.2 Å². The number of hydrogen-bond donors (Lipinski definition) is 0. The van der Waals surface area contributed by atoms with Crippen LogP contribution in [0.1, 0.15) is 22.5 Å². The zero-order chi connectivity index (χ0) is 21.1. The highest BCUT2D eigenvalue weighted by Gasteiger charge is 2.08. The predicted molar refractivity (Wildman–Crippen MR) is 123 cm³/mol. The summed E-state index contributed by atoms with van der Waals surface area (Å²) in [5, 5.41) is 4.91. The van der Waals surface area contributed by atoms with Crippen molar-refractivity contribution in [3.63, 3.8) is 0 Å². The van der Waals surface area contributed by atoms with Gasteiger partial charge in [-0.3, -0.25) is 4.79 Å². The molecule has 0 saturated heterocycles. The van der Waals surface area contributed by atoms with Gasteiger partial charge in [0, 0.05) is 10.0 Å². The Balaban J connectivity index is 1.63. The summed E-state index contributed by atoms with van der Waals surface area (Å²) < 4.78 is 8.13. The lowest BCUT2D eigenvalue weighted by Crippen LogP contribution is -2.20. The van der Waals surface area contributed by atoms with Crippen LogP contribution >= 0.6 is 15.9 Å². The fraction of sp³-hybridized carbons (Fsp3) is 0.125. The van der Waals surface area contributed by atoms with Crippen molar-refractivity contribution in [3.8, 4) is 5.75 Å². The summed E-state index contributed by atoms with van der Waals surface area (Å²) in [6.07, 6.45) is 1.63. The number of fused-ring (bicyclic) bond motifs is 1. The van der Waals surface area contributed by atoms with Gasteiger partial charge in [0.2, 0.25) is 0 Å². The topological polar surface area (TPSA) is 56.5 Å². The van der Waals surface area contributed by atoms with E-state index in [4.69, 9.17) is 4.74 Å². The van der Waals surface area contributed by atoms with Crippen molar-refractivity contribution in [2.45, 2.75) is 20.5 Å². The molecule has 0 aliphatic rings. The molecule has 150 valence electrons. The van der Waals surface area contributed by atoms with Gasteiger partial charge in [0.1, 0.15) is 18.2 Å². The summed E-state index contributed by atoms with van der Waals surface area (Å²) in [5.41, 5.74) is 3.51. The molecule has 1 aromatic heterocycles. The van der Waals surface area contributed by atoms with Crippen molar-refractivity contribution in [1.82, 2.24) is 9.66 Å². The van der Waals surface area contributed by atoms with Crippen LogP contribution in [0, 0.1) is 13.8 Å². The first kappa shape index (κ1) is 20.0. The molecule has 30 heavy (non-hydrogen) atoms. The van der Waals surface area contributed by atoms with Crippen molar-refractivity contribution in [2.75, 3.05) is 0 Å². The summed E-state index contributed by atoms with van der Waals surface area (Å²) in [6.45, 7) is 4.27. The summed E-state index contributed by atoms with van der Waals surface area (Å²) >= 11 is 3.40. The number of ether oxygens (including phenoxy) is 1. The Morgan fingerprint density at radius 2 is 1.83 bits per heavy atom. The molecule has 6 heteroatoms. The van der Waals surface area contributed by atoms with E-state index in [0.29, 0.717) is 29.1 Å². The molecule has 4 aromatic rings. The second kappa shape index (κ2) is 8.63. The van der Waals surface area contributed by atoms with E-state index in [0.717, 1.165) is 15.6 Å². The molecule has 0 aliphatic heterocycles. The van der Waals surface area contributed by atoms with Gasteiger partial charge < -0.3 is 4.74 Å². The van der Waals surface area contributed by atoms with Gasteiger partial charge in [-0.25, -0.2) is 4.98 Å². The maximum absolute atomic E-state index is 12.9. The number of benzene rings is 3. The Kier molecular flexibility index (Phi) is 5.77. The van der Waals surface area contributed by atoms with E-state index in [2.05, 4.69) is 45.1 Å². The van der Waals surface area contributed by atoms with Crippen LogP contribution in [0.15, 0.2) is 81.1 Å². The summed E-state index contributed by atoms with van der Waals surface area (Å²) in [4.78, 5) is 17.4. The maximum atomic E-state index is 12.9. The van der Waals surface area contributed by atoms with E-state index in [1.807, 2.05) is 48.5 Å². The van der Waals surface area contributed by atoms with Crippen LogP contribution in [0.3, 0.4) is 0 Å². The van der Waals surface area contributed by atoms with Crippen LogP contribution in [0.25, 0.3) is 10.9 Å². The minimum absolute atomic E-state index is 0.215. The Bertz CT molecular complexity index is 1290. The molecule has 0 N–H and O–H groups in total. The molecular formula is C24H20BrN3O2. The lowest BCUT2D eigenvalue weighted by atomic mass is 10.1. The van der Waals surface area contributed by atoms with Crippen molar-refractivity contribution in [1.29, 1.82) is 0 Å². The van der Waals surface area contributed by atoms with Gasteiger partial charge in [-0.15, -0.1) is 0 Å². The highest BCUT2D eigenvalue weighted by Crippen LogP contribution is 2.19. The first-order valence-corrected chi connectivity index (χ1v) is 10.3. The number of rotatable bonds is 5. The van der Waals surface area contributed by atoms with Crippen LogP contribution in [0.5, 0.6) is 5.75 Å². The number of hydrogen-bond acceptors (Lipinski definition) is 4. The largest absolute Gasteiger partial charge is 0.488 e. The lowest BCUT2D eigenvalue weighted by molar-refractivity contribution is 0.306. The molecule has 0 atom stereocenters. The third kappa shape index (κ3) is 4.33. The second-order valence-electron chi connectivity index (χ2n) is 6.99. The highest BCUT2D eigenvalue weighted by atomic mass is 79.9. The number of aromatic nitrogens is 2. The van der Waals surface area contributed by atoms with Crippen molar-refractivity contribution < 1.29 is 4.74 Å². The van der Waals surface area contributed by atoms with Gasteiger partial charge in [-0.2, -0.15) is 9.78 Å². The molecule has 0 fully saturated rings. The van der Waals surface area contributed by atoms with Gasteiger partial charge in [-0.05, 0) is 49.7 Å². The van der Waals surface area contributed by atoms with E-state index in [1.54, 1.807) is 19.2 Å². The molecule has 3 aromatic carbocycles. The number of aryl methyl sites for hydroxylation is 2. The average molecular weight is 462 g/mol. The van der Waals surface area contributed by atoms with Crippen LogP contribution in [-0.2, 0) is 6.61 Å². The molecule has 0 radical (unpaired) electrons. The van der Waals surface area contributed by atoms with E-state index in [9.17, 15) is 4.79 Å². The van der Waals surface area contributed by atoms with E-state index < -0.39 is 0 Å². The van der Waals surface area contributed by atoms with E-state index >= 15 is 0 Å². The summed E-state index contributed by atoms with van der Waals surface area (Å²) in [6, 6.07) is 21.3. The zero-order valence-electron chi connectivity index (χ0n) is 16.7. The Morgan fingerprint density at radius 1 is 1.07 bits per heavy atom. The molecule has 4 rings (SSSR count). The summed E-state index contributed by atoms with van der Waals surface area (Å²) in [7, 11) is 0. The number of halogens is 1. The first-order valence-electron chi connectivity index (χ1n) is 9.52. The minimum atomic E-state index is -0.215. The fourth-order valence-corrected chi connectivity index (χ4v) is 3.44. The molecule has 1 heterocycles. The Morgan fingerprint density at radius 3 is 2.63 bits per heavy atom. The Hall–Kier alpha value is -3.25. The standard InChI is InChI=1S/C24H20BrN3O2/c1-16-7-9-18(10-8-16)15-30-23-6-4-3-5-19(23)14-26-28-17(2)27-22-12-11-20(25)13-21(22)24(28)29/h3-14H,15H2,1-2H3. The number of nitrogens with zero attached hydrogens (tertiary/aromatic N) is 3. The Labute approximate surface area is 182 Å². The first-order chi connectivity index (χ1) is 14.5. The molecule has 0 spiro atoms. The van der Waals surface area contributed by atoms with Gasteiger partial charge in [-0.1, -0.05) is 57.9 Å². The van der Waals surface area contributed by atoms with Crippen LogP contribution in [0.2, 0.25) is 0 Å². The molecule has 0 saturated carbocycles. The van der Waals surface area contributed by atoms with Crippen molar-refractivity contribution >= 4 is 33.0 Å². The molecule has 0 unspecified atom stereocenters. The molecule has 0 aliphatic carbocycles. The van der Waals surface area contributed by atoms with Gasteiger partial charge >= 0.3 is 0 Å². The minimum Gasteiger partial charge on any atom is -0.488 e. The van der Waals surface area contributed by atoms with Gasteiger partial charge in [0.25, 0.3) is 5.56 Å². The lowest BCUT2D eigenvalue weighted by Gasteiger charge is -2.10. The summed E-state index contributed by atoms with van der Waals surface area (Å²) in [5.74, 6) is 1.22. The predicted octanol–water partition coefficient (Wildman–Crippen LogP) is 5.24. The van der Waals surface area contributed by atoms with E-state index in [-0.39, 0.29) is 5.56 Å². The van der Waals surface area contributed by atoms with Crippen molar-refractivity contribution in [2.24, 2.45) is 5.10 Å². The monoisotopic (exact) mass is 461 g/mol. The zero-order valence-corrected chi connectivity index (χ0v) is 18.3. The third-order valence-electron chi connectivity index (χ3n) is 4.72. The quantitative estimate of drug-likeness (QED) is 0.382. The van der Waals surface area contributed by atoms with Gasteiger partial charge in [0.05, 0.1) is 17.1 Å². The van der Waals surface area contributed by atoms with Crippen LogP contribution in [-0.4, -0.2) is 15.9 Å². The number of para-hydroxylation sites is 1. The fourth-order valence-electron chi connectivity index (χ4n) is 3.08. The van der Waals surface area contributed by atoms with Crippen molar-refractivity contribution in [3.05, 3.63) is 104 Å². The molecule has 0 bridgehead atoms. The normalized spacial score (nSPS) is 11.3. The smallest absolute Gasteiger partial charge is 0.282 e. The maximum Gasteiger partial charge on any atom is 0.282 e. The average Bonchev–Trinajstić information content (AvgIpc) is 2.74. The van der Waals surface area contributed by atoms with Gasteiger partial charge in [0.15, 0.2) is 0 Å². The molecule has 5 nitrogen and oxygen atoms in total.